The van der Waals surface area contributed by atoms with Crippen LogP contribution < -0.4 is 11.5 Å². The Hall–Kier alpha value is -3.59. The predicted octanol–water partition coefficient (Wildman–Crippen LogP) is 2.22. The fourth-order valence-corrected chi connectivity index (χ4v) is 3.09. The second-order valence-electron chi connectivity index (χ2n) is 6.69. The Labute approximate surface area is 160 Å². The number of pyridine rings is 1. The molecule has 8 nitrogen and oxygen atoms in total. The van der Waals surface area contributed by atoms with Crippen LogP contribution in [0.3, 0.4) is 0 Å². The highest BCUT2D eigenvalue weighted by Crippen LogP contribution is 2.32. The van der Waals surface area contributed by atoms with Crippen LogP contribution in [0.4, 0.5) is 16.3 Å². The molecule has 3 aromatic heterocycles. The van der Waals surface area contributed by atoms with E-state index in [2.05, 4.69) is 19.9 Å². The molecule has 0 bridgehead atoms. The molecule has 4 aromatic rings. The van der Waals surface area contributed by atoms with Gasteiger partial charge in [-0.3, -0.25) is 4.40 Å². The van der Waals surface area contributed by atoms with E-state index in [-0.39, 0.29) is 17.7 Å². The molecule has 0 aliphatic carbocycles. The average Bonchev–Trinajstić information content (AvgIpc) is 2.99. The first kappa shape index (κ1) is 17.8. The van der Waals surface area contributed by atoms with Gasteiger partial charge >= 0.3 is 0 Å². The fraction of sp³-hybridized carbons (Fsp3) is 0.158. The van der Waals surface area contributed by atoms with Crippen molar-refractivity contribution in [2.75, 3.05) is 25.6 Å². The number of hydrogen-bond donors (Lipinski definition) is 2. The van der Waals surface area contributed by atoms with Gasteiger partial charge in [-0.25, -0.2) is 9.37 Å². The van der Waals surface area contributed by atoms with Crippen LogP contribution in [-0.2, 0) is 6.54 Å². The summed E-state index contributed by atoms with van der Waals surface area (Å²) >= 11 is 0. The second kappa shape index (κ2) is 6.86. The Kier molecular flexibility index (Phi) is 4.36. The number of nitrogens with two attached hydrogens (primary N) is 2. The van der Waals surface area contributed by atoms with Crippen molar-refractivity contribution in [1.82, 2.24) is 29.2 Å². The lowest BCUT2D eigenvalue weighted by Crippen LogP contribution is -2.10. The van der Waals surface area contributed by atoms with Crippen LogP contribution in [0.1, 0.15) is 5.56 Å². The minimum absolute atomic E-state index is 0.0201. The number of nitrogen functional groups attached to an aromatic ring is 2. The molecule has 0 unspecified atom stereocenters. The summed E-state index contributed by atoms with van der Waals surface area (Å²) in [7, 11) is 4.00. The molecule has 9 heteroatoms. The molecule has 4 N–H and O–H groups in total. The van der Waals surface area contributed by atoms with E-state index in [1.54, 1.807) is 12.1 Å². The van der Waals surface area contributed by atoms with Gasteiger partial charge in [-0.2, -0.15) is 15.0 Å². The van der Waals surface area contributed by atoms with Crippen molar-refractivity contribution in [3.8, 4) is 22.8 Å². The van der Waals surface area contributed by atoms with E-state index < -0.39 is 0 Å². The van der Waals surface area contributed by atoms with Gasteiger partial charge in [0.2, 0.25) is 11.9 Å². The topological polar surface area (TPSA) is 111 Å². The smallest absolute Gasteiger partial charge is 0.225 e. The van der Waals surface area contributed by atoms with Gasteiger partial charge in [-0.15, -0.1) is 0 Å². The molecule has 0 saturated carbocycles. The van der Waals surface area contributed by atoms with E-state index in [9.17, 15) is 4.39 Å². The van der Waals surface area contributed by atoms with Crippen LogP contribution in [0.15, 0.2) is 42.6 Å². The summed E-state index contributed by atoms with van der Waals surface area (Å²) in [6.07, 6.45) is 1.90. The van der Waals surface area contributed by atoms with E-state index in [4.69, 9.17) is 16.5 Å². The van der Waals surface area contributed by atoms with Gasteiger partial charge in [0.1, 0.15) is 22.9 Å². The SMILES string of the molecule is CN(C)Cc1ccn2c(-c3nc(N)nc(N)n3)c(-c3ccc(F)cc3)nc2c1. The summed E-state index contributed by atoms with van der Waals surface area (Å²) in [4.78, 5) is 19.1. The van der Waals surface area contributed by atoms with Gasteiger partial charge in [0.15, 0.2) is 5.82 Å². The number of hydrogen-bond acceptors (Lipinski definition) is 7. The highest BCUT2D eigenvalue weighted by Gasteiger charge is 2.20. The molecule has 0 fully saturated rings. The predicted molar refractivity (Wildman–Crippen MR) is 106 cm³/mol. The monoisotopic (exact) mass is 378 g/mol. The average molecular weight is 378 g/mol. The molecule has 0 saturated heterocycles. The number of anilines is 2. The molecule has 3 heterocycles. The zero-order valence-corrected chi connectivity index (χ0v) is 15.5. The summed E-state index contributed by atoms with van der Waals surface area (Å²) in [6, 6.07) is 10.1. The van der Waals surface area contributed by atoms with E-state index in [1.807, 2.05) is 36.8 Å². The number of halogens is 1. The van der Waals surface area contributed by atoms with Gasteiger partial charge in [0.05, 0.1) is 0 Å². The summed E-state index contributed by atoms with van der Waals surface area (Å²) < 4.78 is 15.3. The Morgan fingerprint density at radius 3 is 2.29 bits per heavy atom. The summed E-state index contributed by atoms with van der Waals surface area (Å²) in [6.45, 7) is 0.774. The van der Waals surface area contributed by atoms with E-state index in [1.165, 1.54) is 12.1 Å². The van der Waals surface area contributed by atoms with Crippen LogP contribution >= 0.6 is 0 Å². The van der Waals surface area contributed by atoms with Crippen molar-refractivity contribution < 1.29 is 4.39 Å². The van der Waals surface area contributed by atoms with E-state index in [0.717, 1.165) is 17.7 Å². The third kappa shape index (κ3) is 3.35. The lowest BCUT2D eigenvalue weighted by Gasteiger charge is -2.10. The summed E-state index contributed by atoms with van der Waals surface area (Å²) in [5.74, 6) is 0.0200. The van der Waals surface area contributed by atoms with Crippen molar-refractivity contribution in [2.45, 2.75) is 6.54 Å². The van der Waals surface area contributed by atoms with Gasteiger partial charge in [-0.05, 0) is 56.1 Å². The Balaban J connectivity index is 1.98. The maximum Gasteiger partial charge on any atom is 0.225 e. The summed E-state index contributed by atoms with van der Waals surface area (Å²) in [5.41, 5.74) is 15.3. The van der Waals surface area contributed by atoms with Gasteiger partial charge in [0, 0.05) is 18.3 Å². The number of imidazole rings is 1. The van der Waals surface area contributed by atoms with Crippen LogP contribution in [0, 0.1) is 5.82 Å². The Morgan fingerprint density at radius 1 is 0.964 bits per heavy atom. The number of rotatable bonds is 4. The molecule has 0 spiro atoms. The molecule has 142 valence electrons. The third-order valence-corrected chi connectivity index (χ3v) is 4.19. The van der Waals surface area contributed by atoms with Gasteiger partial charge in [0.25, 0.3) is 0 Å². The lowest BCUT2D eigenvalue weighted by molar-refractivity contribution is 0.402. The molecule has 0 aliphatic heterocycles. The zero-order valence-electron chi connectivity index (χ0n) is 15.5. The highest BCUT2D eigenvalue weighted by molar-refractivity contribution is 5.79. The first-order valence-electron chi connectivity index (χ1n) is 8.60. The van der Waals surface area contributed by atoms with Crippen molar-refractivity contribution in [3.63, 3.8) is 0 Å². The zero-order chi connectivity index (χ0) is 19.8. The van der Waals surface area contributed by atoms with Crippen molar-refractivity contribution in [2.24, 2.45) is 0 Å². The molecular formula is C19H19FN8. The van der Waals surface area contributed by atoms with Crippen LogP contribution in [0.5, 0.6) is 0 Å². The molecule has 28 heavy (non-hydrogen) atoms. The number of fused-ring (bicyclic) bond motifs is 1. The number of benzene rings is 1. The molecule has 0 aliphatic rings. The molecule has 0 amide bonds. The molecule has 4 rings (SSSR count). The van der Waals surface area contributed by atoms with Crippen molar-refractivity contribution >= 4 is 17.5 Å². The Morgan fingerprint density at radius 2 is 1.64 bits per heavy atom. The maximum absolute atomic E-state index is 13.4. The quantitative estimate of drug-likeness (QED) is 0.560. The standard InChI is InChI=1S/C19H19FN8/c1-27(2)10-11-7-8-28-14(9-11)23-15(12-3-5-13(20)6-4-12)16(28)17-24-18(21)26-19(22)25-17/h3-9H,10H2,1-2H3,(H4,21,22,24,25,26). The minimum Gasteiger partial charge on any atom is -0.368 e. The molecule has 0 radical (unpaired) electrons. The highest BCUT2D eigenvalue weighted by atomic mass is 19.1. The van der Waals surface area contributed by atoms with Crippen molar-refractivity contribution in [3.05, 3.63) is 54.0 Å². The number of nitrogens with zero attached hydrogens (tertiary/aromatic N) is 6. The summed E-state index contributed by atoms with van der Waals surface area (Å²) in [5, 5.41) is 0. The van der Waals surface area contributed by atoms with Gasteiger partial charge in [-0.1, -0.05) is 0 Å². The van der Waals surface area contributed by atoms with Crippen LogP contribution in [0.25, 0.3) is 28.4 Å². The van der Waals surface area contributed by atoms with E-state index in [0.29, 0.717) is 22.9 Å². The largest absolute Gasteiger partial charge is 0.368 e. The second-order valence-corrected chi connectivity index (χ2v) is 6.69. The minimum atomic E-state index is -0.323. The normalized spacial score (nSPS) is 11.4. The van der Waals surface area contributed by atoms with Crippen LogP contribution in [-0.4, -0.2) is 43.3 Å². The van der Waals surface area contributed by atoms with Crippen LogP contribution in [0.2, 0.25) is 0 Å². The van der Waals surface area contributed by atoms with Crippen molar-refractivity contribution in [1.29, 1.82) is 0 Å². The maximum atomic E-state index is 13.4. The fourth-order valence-electron chi connectivity index (χ4n) is 3.09. The lowest BCUT2D eigenvalue weighted by atomic mass is 10.1. The Bertz CT molecular complexity index is 1130. The number of aromatic nitrogens is 5. The van der Waals surface area contributed by atoms with Gasteiger partial charge < -0.3 is 16.4 Å². The third-order valence-electron chi connectivity index (χ3n) is 4.19. The molecule has 1 aromatic carbocycles. The molecular weight excluding hydrogens is 359 g/mol. The van der Waals surface area contributed by atoms with E-state index >= 15 is 0 Å². The first-order chi connectivity index (χ1) is 13.4. The molecule has 0 atom stereocenters. The first-order valence-corrected chi connectivity index (χ1v) is 8.60.